The molecule has 0 saturated heterocycles. The van der Waals surface area contributed by atoms with E-state index in [1.165, 1.54) is 23.5 Å². The van der Waals surface area contributed by atoms with E-state index in [0.717, 1.165) is 23.6 Å². The molecule has 0 aliphatic carbocycles. The maximum absolute atomic E-state index is 12.7. The van der Waals surface area contributed by atoms with Crippen molar-refractivity contribution in [1.82, 2.24) is 10.3 Å². The Labute approximate surface area is 165 Å². The molecule has 1 unspecified atom stereocenters. The number of aromatic nitrogens is 1. The SMILES string of the molecule is Cc1nc(CC(C)C)sc1C(=O)NCC(O)COc1cccc(C(F)(F)F)c1. The van der Waals surface area contributed by atoms with Gasteiger partial charge in [-0.15, -0.1) is 11.3 Å². The maximum atomic E-state index is 12.7. The van der Waals surface area contributed by atoms with Crippen molar-refractivity contribution in [1.29, 1.82) is 0 Å². The van der Waals surface area contributed by atoms with Crippen LogP contribution in [-0.4, -0.2) is 35.3 Å². The Morgan fingerprint density at radius 3 is 2.71 bits per heavy atom. The number of benzene rings is 1. The molecular formula is C19H23F3N2O3S. The molecule has 5 nitrogen and oxygen atoms in total. The fourth-order valence-electron chi connectivity index (χ4n) is 2.40. The first-order valence-corrected chi connectivity index (χ1v) is 9.60. The second-order valence-corrected chi connectivity index (χ2v) is 7.90. The molecule has 0 aliphatic heterocycles. The van der Waals surface area contributed by atoms with Crippen molar-refractivity contribution in [2.45, 2.75) is 39.5 Å². The van der Waals surface area contributed by atoms with Crippen LogP contribution in [0.3, 0.4) is 0 Å². The predicted octanol–water partition coefficient (Wildman–Crippen LogP) is 3.84. The number of rotatable bonds is 8. The third kappa shape index (κ3) is 6.49. The van der Waals surface area contributed by atoms with Crippen LogP contribution >= 0.6 is 11.3 Å². The molecule has 2 N–H and O–H groups in total. The van der Waals surface area contributed by atoms with Crippen molar-refractivity contribution >= 4 is 17.2 Å². The largest absolute Gasteiger partial charge is 0.491 e. The number of alkyl halides is 3. The number of amides is 1. The highest BCUT2D eigenvalue weighted by Crippen LogP contribution is 2.31. The van der Waals surface area contributed by atoms with E-state index in [-0.39, 0.29) is 24.8 Å². The average molecular weight is 416 g/mol. The lowest BCUT2D eigenvalue weighted by Crippen LogP contribution is -2.35. The lowest BCUT2D eigenvalue weighted by Gasteiger charge is -2.14. The normalized spacial score (nSPS) is 12.9. The van der Waals surface area contributed by atoms with E-state index in [9.17, 15) is 23.1 Å². The monoisotopic (exact) mass is 416 g/mol. The summed E-state index contributed by atoms with van der Waals surface area (Å²) in [6.07, 6.45) is -4.75. The van der Waals surface area contributed by atoms with Crippen LogP contribution in [0.25, 0.3) is 0 Å². The van der Waals surface area contributed by atoms with Gasteiger partial charge in [0, 0.05) is 13.0 Å². The van der Waals surface area contributed by atoms with Gasteiger partial charge in [0.05, 0.1) is 16.3 Å². The van der Waals surface area contributed by atoms with Gasteiger partial charge < -0.3 is 15.2 Å². The molecule has 0 saturated carbocycles. The van der Waals surface area contributed by atoms with Crippen molar-refractivity contribution in [2.24, 2.45) is 5.92 Å². The summed E-state index contributed by atoms with van der Waals surface area (Å²) in [5.74, 6) is 0.0798. The van der Waals surface area contributed by atoms with E-state index in [2.05, 4.69) is 24.1 Å². The minimum Gasteiger partial charge on any atom is -0.491 e. The van der Waals surface area contributed by atoms with Gasteiger partial charge in [-0.1, -0.05) is 19.9 Å². The molecule has 1 aromatic carbocycles. The minimum absolute atomic E-state index is 0.00294. The first-order valence-electron chi connectivity index (χ1n) is 8.79. The maximum Gasteiger partial charge on any atom is 0.416 e. The molecule has 0 spiro atoms. The summed E-state index contributed by atoms with van der Waals surface area (Å²) in [5.41, 5.74) is -0.196. The summed E-state index contributed by atoms with van der Waals surface area (Å²) in [7, 11) is 0. The van der Waals surface area contributed by atoms with Crippen LogP contribution in [0, 0.1) is 12.8 Å². The van der Waals surface area contributed by atoms with E-state index >= 15 is 0 Å². The Kier molecular flexibility index (Phi) is 7.42. The van der Waals surface area contributed by atoms with Crippen LogP contribution in [0.5, 0.6) is 5.75 Å². The number of halogens is 3. The highest BCUT2D eigenvalue weighted by molar-refractivity contribution is 7.13. The van der Waals surface area contributed by atoms with Crippen LogP contribution in [0.15, 0.2) is 24.3 Å². The zero-order valence-corrected chi connectivity index (χ0v) is 16.7. The zero-order chi connectivity index (χ0) is 20.9. The van der Waals surface area contributed by atoms with Crippen molar-refractivity contribution in [3.8, 4) is 5.75 Å². The van der Waals surface area contributed by atoms with Gasteiger partial charge in [0.2, 0.25) is 0 Å². The number of carbonyl (C=O) groups is 1. The van der Waals surface area contributed by atoms with Gasteiger partial charge in [-0.3, -0.25) is 4.79 Å². The third-order valence-electron chi connectivity index (χ3n) is 3.73. The van der Waals surface area contributed by atoms with Gasteiger partial charge >= 0.3 is 6.18 Å². The molecule has 1 heterocycles. The first-order chi connectivity index (χ1) is 13.1. The second-order valence-electron chi connectivity index (χ2n) is 6.82. The van der Waals surface area contributed by atoms with Gasteiger partial charge in [0.25, 0.3) is 5.91 Å². The lowest BCUT2D eigenvalue weighted by atomic mass is 10.1. The molecule has 0 fully saturated rings. The highest BCUT2D eigenvalue weighted by Gasteiger charge is 2.30. The zero-order valence-electron chi connectivity index (χ0n) is 15.8. The van der Waals surface area contributed by atoms with Crippen LogP contribution in [0.1, 0.15) is 39.8 Å². The number of hydrogen-bond donors (Lipinski definition) is 2. The van der Waals surface area contributed by atoms with Crippen molar-refractivity contribution in [3.05, 3.63) is 45.4 Å². The summed E-state index contributed by atoms with van der Waals surface area (Å²) in [5, 5.41) is 13.4. The van der Waals surface area contributed by atoms with E-state index in [1.54, 1.807) is 6.92 Å². The average Bonchev–Trinajstić information content (AvgIpc) is 2.97. The molecule has 2 aromatic rings. The number of nitrogens with zero attached hydrogens (tertiary/aromatic N) is 1. The van der Waals surface area contributed by atoms with Gasteiger partial charge in [0.1, 0.15) is 23.3 Å². The molecule has 154 valence electrons. The van der Waals surface area contributed by atoms with Crippen molar-refractivity contribution in [2.75, 3.05) is 13.2 Å². The molecule has 9 heteroatoms. The Balaban J connectivity index is 1.85. The number of aliphatic hydroxyl groups excluding tert-OH is 1. The van der Waals surface area contributed by atoms with Gasteiger partial charge in [0.15, 0.2) is 0 Å². The van der Waals surface area contributed by atoms with Crippen molar-refractivity contribution < 1.29 is 27.8 Å². The number of thiazole rings is 1. The lowest BCUT2D eigenvalue weighted by molar-refractivity contribution is -0.137. The Hall–Kier alpha value is -2.13. The number of ether oxygens (including phenoxy) is 1. The molecule has 1 atom stereocenters. The van der Waals surface area contributed by atoms with Gasteiger partial charge in [-0.05, 0) is 31.0 Å². The molecule has 0 bridgehead atoms. The number of aryl methyl sites for hydroxylation is 1. The fraction of sp³-hybridized carbons (Fsp3) is 0.474. The molecule has 0 aliphatic rings. The number of nitrogens with one attached hydrogen (secondary N) is 1. The molecule has 1 aromatic heterocycles. The van der Waals surface area contributed by atoms with E-state index in [4.69, 9.17) is 4.74 Å². The molecule has 0 radical (unpaired) electrons. The van der Waals surface area contributed by atoms with Gasteiger partial charge in [-0.25, -0.2) is 4.98 Å². The Bertz CT molecular complexity index is 806. The molecule has 28 heavy (non-hydrogen) atoms. The first kappa shape index (κ1) is 22.2. The summed E-state index contributed by atoms with van der Waals surface area (Å²) >= 11 is 1.32. The highest BCUT2D eigenvalue weighted by atomic mass is 32.1. The molecule has 2 rings (SSSR count). The fourth-order valence-corrected chi connectivity index (χ4v) is 3.60. The van der Waals surface area contributed by atoms with Crippen LogP contribution < -0.4 is 10.1 Å². The topological polar surface area (TPSA) is 71.5 Å². The summed E-state index contributed by atoms with van der Waals surface area (Å²) in [4.78, 5) is 17.1. The molecular weight excluding hydrogens is 393 g/mol. The third-order valence-corrected chi connectivity index (χ3v) is 4.91. The van der Waals surface area contributed by atoms with E-state index in [0.29, 0.717) is 16.5 Å². The number of carbonyl (C=O) groups excluding carboxylic acids is 1. The minimum atomic E-state index is -4.47. The summed E-state index contributed by atoms with van der Waals surface area (Å²) in [6.45, 7) is 5.55. The standard InChI is InChI=1S/C19H23F3N2O3S/c1-11(2)7-16-24-12(3)17(28-16)18(26)23-9-14(25)10-27-15-6-4-5-13(8-15)19(20,21)22/h4-6,8,11,14,25H,7,9-10H2,1-3H3,(H,23,26). The Morgan fingerprint density at radius 1 is 1.36 bits per heavy atom. The van der Waals surface area contributed by atoms with Crippen LogP contribution in [0.4, 0.5) is 13.2 Å². The van der Waals surface area contributed by atoms with E-state index in [1.807, 2.05) is 0 Å². The summed E-state index contributed by atoms with van der Waals surface area (Å²) < 4.78 is 43.3. The van der Waals surface area contributed by atoms with Crippen LogP contribution in [0.2, 0.25) is 0 Å². The van der Waals surface area contributed by atoms with Crippen LogP contribution in [-0.2, 0) is 12.6 Å². The Morgan fingerprint density at radius 2 is 2.07 bits per heavy atom. The van der Waals surface area contributed by atoms with Crippen molar-refractivity contribution in [3.63, 3.8) is 0 Å². The summed E-state index contributed by atoms with van der Waals surface area (Å²) in [6, 6.07) is 4.40. The quantitative estimate of drug-likeness (QED) is 0.686. The smallest absolute Gasteiger partial charge is 0.416 e. The molecule has 1 amide bonds. The van der Waals surface area contributed by atoms with E-state index < -0.39 is 17.8 Å². The van der Waals surface area contributed by atoms with Gasteiger partial charge in [-0.2, -0.15) is 13.2 Å². The predicted molar refractivity (Wildman–Crippen MR) is 101 cm³/mol. The second kappa shape index (κ2) is 9.38. The number of aliphatic hydroxyl groups is 1. The number of hydrogen-bond acceptors (Lipinski definition) is 5.